The molecule has 0 unspecified atom stereocenters. The lowest BCUT2D eigenvalue weighted by atomic mass is 10.0. The molecule has 0 bridgehead atoms. The third-order valence-corrected chi connectivity index (χ3v) is 4.25. The van der Waals surface area contributed by atoms with Crippen LogP contribution in [0.5, 0.6) is 0 Å². The fourth-order valence-electron chi connectivity index (χ4n) is 1.97. The molecule has 0 spiro atoms. The van der Waals surface area contributed by atoms with E-state index in [9.17, 15) is 4.79 Å². The smallest absolute Gasteiger partial charge is 0.177 e. The third kappa shape index (κ3) is 2.83. The van der Waals surface area contributed by atoms with E-state index in [1.54, 1.807) is 0 Å². The highest BCUT2D eigenvalue weighted by molar-refractivity contribution is 7.80. The quantitative estimate of drug-likeness (QED) is 0.671. The Hall–Kier alpha value is -1.72. The van der Waals surface area contributed by atoms with Crippen molar-refractivity contribution >= 4 is 39.3 Å². The van der Waals surface area contributed by atoms with Crippen molar-refractivity contribution in [1.29, 1.82) is 0 Å². The highest BCUT2D eigenvalue weighted by Gasteiger charge is 2.20. The van der Waals surface area contributed by atoms with Gasteiger partial charge in [0.15, 0.2) is 5.78 Å². The van der Waals surface area contributed by atoms with Crippen LogP contribution in [-0.4, -0.2) is 10.8 Å². The lowest BCUT2D eigenvalue weighted by molar-refractivity contribution is 0.0996. The third-order valence-electron chi connectivity index (χ3n) is 2.88. The van der Waals surface area contributed by atoms with Gasteiger partial charge in [-0.05, 0) is 18.1 Å². The molecule has 0 saturated carbocycles. The maximum Gasteiger partial charge on any atom is 0.177 e. The maximum atomic E-state index is 12.3. The SMILES string of the molecule is Cc1c(C(=O)Cc2ccccc2)sc(N)c1C(N)=S. The number of carbonyl (C=O) groups excluding carboxylic acids is 1. The van der Waals surface area contributed by atoms with Gasteiger partial charge >= 0.3 is 0 Å². The minimum absolute atomic E-state index is 0.0444. The highest BCUT2D eigenvalue weighted by Crippen LogP contribution is 2.31. The van der Waals surface area contributed by atoms with Crippen molar-refractivity contribution in [3.8, 4) is 0 Å². The molecule has 2 aromatic rings. The van der Waals surface area contributed by atoms with E-state index in [0.717, 1.165) is 11.1 Å². The van der Waals surface area contributed by atoms with E-state index in [4.69, 9.17) is 23.7 Å². The van der Waals surface area contributed by atoms with Crippen LogP contribution in [0.1, 0.15) is 26.4 Å². The number of benzene rings is 1. The van der Waals surface area contributed by atoms with Crippen molar-refractivity contribution in [1.82, 2.24) is 0 Å². The van der Waals surface area contributed by atoms with E-state index in [-0.39, 0.29) is 10.8 Å². The van der Waals surface area contributed by atoms with Gasteiger partial charge in [0.2, 0.25) is 0 Å². The van der Waals surface area contributed by atoms with Crippen molar-refractivity contribution in [3.05, 3.63) is 51.9 Å². The summed E-state index contributed by atoms with van der Waals surface area (Å²) >= 11 is 6.22. The van der Waals surface area contributed by atoms with Crippen molar-refractivity contribution in [2.45, 2.75) is 13.3 Å². The summed E-state index contributed by atoms with van der Waals surface area (Å²) in [4.78, 5) is 13.2. The number of anilines is 1. The first-order valence-corrected chi connectivity index (χ1v) is 6.99. The Balaban J connectivity index is 2.30. The summed E-state index contributed by atoms with van der Waals surface area (Å²) in [5, 5.41) is 0.515. The fourth-order valence-corrected chi connectivity index (χ4v) is 3.32. The summed E-state index contributed by atoms with van der Waals surface area (Å²) in [7, 11) is 0. The summed E-state index contributed by atoms with van der Waals surface area (Å²) in [6, 6.07) is 9.61. The number of Topliss-reactive ketones (excluding diaryl/α,β-unsaturated/α-hetero) is 1. The van der Waals surface area contributed by atoms with E-state index in [2.05, 4.69) is 0 Å². The van der Waals surface area contributed by atoms with E-state index < -0.39 is 0 Å². The molecule has 19 heavy (non-hydrogen) atoms. The second-order valence-electron chi connectivity index (χ2n) is 4.25. The number of nitrogen functional groups attached to an aromatic ring is 1. The Morgan fingerprint density at radius 3 is 2.47 bits per heavy atom. The second-order valence-corrected chi connectivity index (χ2v) is 5.74. The summed E-state index contributed by atoms with van der Waals surface area (Å²) in [5.41, 5.74) is 13.9. The number of ketones is 1. The largest absolute Gasteiger partial charge is 0.390 e. The molecule has 1 aromatic heterocycles. The molecule has 0 radical (unpaired) electrons. The van der Waals surface area contributed by atoms with Crippen LogP contribution >= 0.6 is 23.6 Å². The van der Waals surface area contributed by atoms with Crippen molar-refractivity contribution in [2.24, 2.45) is 5.73 Å². The first-order chi connectivity index (χ1) is 9.00. The molecule has 0 atom stereocenters. The van der Waals surface area contributed by atoms with Crippen LogP contribution in [0.25, 0.3) is 0 Å². The predicted octanol–water partition coefficient (Wildman–Crippen LogP) is 2.70. The first kappa shape index (κ1) is 13.7. The molecule has 5 heteroatoms. The number of hydrogen-bond acceptors (Lipinski definition) is 4. The van der Waals surface area contributed by atoms with Crippen LogP contribution in [0.3, 0.4) is 0 Å². The average Bonchev–Trinajstić information content (AvgIpc) is 2.66. The number of hydrogen-bond donors (Lipinski definition) is 2. The lowest BCUT2D eigenvalue weighted by Crippen LogP contribution is -2.12. The van der Waals surface area contributed by atoms with Gasteiger partial charge in [-0.2, -0.15) is 0 Å². The zero-order chi connectivity index (χ0) is 14.0. The minimum Gasteiger partial charge on any atom is -0.390 e. The van der Waals surface area contributed by atoms with Crippen LogP contribution < -0.4 is 11.5 Å². The van der Waals surface area contributed by atoms with Crippen LogP contribution in [0.4, 0.5) is 5.00 Å². The number of carbonyl (C=O) groups is 1. The number of rotatable bonds is 4. The molecule has 0 aliphatic rings. The van der Waals surface area contributed by atoms with E-state index in [1.807, 2.05) is 37.3 Å². The molecular weight excluding hydrogens is 276 g/mol. The van der Waals surface area contributed by atoms with Gasteiger partial charge in [-0.3, -0.25) is 4.79 Å². The molecule has 0 amide bonds. The Labute approximate surface area is 121 Å². The predicted molar refractivity (Wildman–Crippen MR) is 83.8 cm³/mol. The first-order valence-electron chi connectivity index (χ1n) is 5.76. The molecule has 0 aliphatic carbocycles. The Bertz CT molecular complexity index is 632. The second kappa shape index (κ2) is 5.50. The van der Waals surface area contributed by atoms with Gasteiger partial charge < -0.3 is 11.5 Å². The molecule has 0 fully saturated rings. The van der Waals surface area contributed by atoms with Crippen LogP contribution in [0, 0.1) is 6.92 Å². The van der Waals surface area contributed by atoms with E-state index in [0.29, 0.717) is 21.9 Å². The molecule has 0 aliphatic heterocycles. The molecule has 2 rings (SSSR count). The number of thiocarbonyl (C=S) groups is 1. The molecule has 4 N–H and O–H groups in total. The Morgan fingerprint density at radius 1 is 1.32 bits per heavy atom. The molecule has 1 heterocycles. The number of thiophene rings is 1. The van der Waals surface area contributed by atoms with Gasteiger partial charge in [0.05, 0.1) is 9.88 Å². The summed E-state index contributed by atoms with van der Waals surface area (Å²) in [6.45, 7) is 1.83. The fraction of sp³-hybridized carbons (Fsp3) is 0.143. The monoisotopic (exact) mass is 290 g/mol. The molecule has 98 valence electrons. The van der Waals surface area contributed by atoms with Gasteiger partial charge in [0.1, 0.15) is 4.99 Å². The van der Waals surface area contributed by atoms with Crippen LogP contribution in [-0.2, 0) is 6.42 Å². The minimum atomic E-state index is 0.0444. The lowest BCUT2D eigenvalue weighted by Gasteiger charge is -2.01. The topological polar surface area (TPSA) is 69.1 Å². The number of nitrogens with two attached hydrogens (primary N) is 2. The molecule has 1 aromatic carbocycles. The summed E-state index contributed by atoms with van der Waals surface area (Å²) in [5.74, 6) is 0.0444. The van der Waals surface area contributed by atoms with Gasteiger partial charge in [-0.25, -0.2) is 0 Å². The maximum absolute atomic E-state index is 12.3. The molecule has 0 saturated heterocycles. The van der Waals surface area contributed by atoms with Crippen molar-refractivity contribution in [3.63, 3.8) is 0 Å². The van der Waals surface area contributed by atoms with Crippen LogP contribution in [0.2, 0.25) is 0 Å². The van der Waals surface area contributed by atoms with Gasteiger partial charge in [-0.1, -0.05) is 42.5 Å². The van der Waals surface area contributed by atoms with Gasteiger partial charge in [-0.15, -0.1) is 11.3 Å². The Kier molecular flexibility index (Phi) is 3.97. The van der Waals surface area contributed by atoms with Crippen molar-refractivity contribution < 1.29 is 4.79 Å². The van der Waals surface area contributed by atoms with E-state index >= 15 is 0 Å². The molecular formula is C14H14N2OS2. The van der Waals surface area contributed by atoms with Gasteiger partial charge in [0.25, 0.3) is 0 Å². The summed E-state index contributed by atoms with van der Waals surface area (Å²) < 4.78 is 0. The standard InChI is InChI=1S/C14H14N2OS2/c1-8-11(13(15)18)14(16)19-12(8)10(17)7-9-5-3-2-4-6-9/h2-6H,7,16H2,1H3,(H2,15,18). The zero-order valence-electron chi connectivity index (χ0n) is 10.5. The van der Waals surface area contributed by atoms with Crippen molar-refractivity contribution in [2.75, 3.05) is 5.73 Å². The molecule has 3 nitrogen and oxygen atoms in total. The van der Waals surface area contributed by atoms with E-state index in [1.165, 1.54) is 11.3 Å². The average molecular weight is 290 g/mol. The van der Waals surface area contributed by atoms with Crippen LogP contribution in [0.15, 0.2) is 30.3 Å². The Morgan fingerprint density at radius 2 is 1.95 bits per heavy atom. The highest BCUT2D eigenvalue weighted by atomic mass is 32.1. The normalized spacial score (nSPS) is 10.4. The summed E-state index contributed by atoms with van der Waals surface area (Å²) in [6.07, 6.45) is 0.360. The van der Waals surface area contributed by atoms with Gasteiger partial charge in [0, 0.05) is 12.0 Å². The zero-order valence-corrected chi connectivity index (χ0v) is 12.1.